The zero-order valence-electron chi connectivity index (χ0n) is 23.6. The number of aromatic nitrogens is 1. The first-order chi connectivity index (χ1) is 19.6. The second-order valence-corrected chi connectivity index (χ2v) is 10.8. The van der Waals surface area contributed by atoms with Crippen LogP contribution < -0.4 is 20.1 Å². The molecule has 0 unspecified atom stereocenters. The normalized spacial score (nSPS) is 13.1. The van der Waals surface area contributed by atoms with Crippen molar-refractivity contribution < 1.29 is 0 Å². The Kier molecular flexibility index (Phi) is 5.82. The number of aryl methyl sites for hydroxylation is 1. The van der Waals surface area contributed by atoms with Gasteiger partial charge < -0.3 is 9.47 Å². The van der Waals surface area contributed by atoms with Crippen LogP contribution in [0.2, 0.25) is 0 Å². The maximum absolute atomic E-state index is 2.42. The average molecular weight is 521 g/mol. The van der Waals surface area contributed by atoms with Crippen LogP contribution in [0.1, 0.15) is 25.0 Å². The van der Waals surface area contributed by atoms with E-state index in [4.69, 9.17) is 0 Å². The van der Waals surface area contributed by atoms with Crippen molar-refractivity contribution >= 4 is 38.8 Å². The van der Waals surface area contributed by atoms with Gasteiger partial charge in [-0.3, -0.25) is 0 Å². The minimum atomic E-state index is 0.949. The fourth-order valence-electron chi connectivity index (χ4n) is 6.53. The molecular formula is C37H34N3+. The highest BCUT2D eigenvalue weighted by Gasteiger charge is 2.26. The van der Waals surface area contributed by atoms with Gasteiger partial charge in [0.1, 0.15) is 6.54 Å². The first-order valence-corrected chi connectivity index (χ1v) is 14.3. The van der Waals surface area contributed by atoms with E-state index in [9.17, 15) is 0 Å². The molecule has 0 radical (unpaired) electrons. The summed E-state index contributed by atoms with van der Waals surface area (Å²) in [5.74, 6) is 0. The van der Waals surface area contributed by atoms with Crippen molar-refractivity contribution in [3.63, 3.8) is 0 Å². The highest BCUT2D eigenvalue weighted by molar-refractivity contribution is 6.09. The molecule has 0 amide bonds. The van der Waals surface area contributed by atoms with Crippen molar-refractivity contribution in [3.8, 4) is 11.1 Å². The van der Waals surface area contributed by atoms with Crippen molar-refractivity contribution in [1.29, 1.82) is 0 Å². The Morgan fingerprint density at radius 2 is 1.40 bits per heavy atom. The molecule has 6 aromatic rings. The predicted octanol–water partition coefficient (Wildman–Crippen LogP) is 6.95. The van der Waals surface area contributed by atoms with Crippen LogP contribution in [0.4, 0.5) is 11.4 Å². The van der Waals surface area contributed by atoms with Crippen molar-refractivity contribution in [1.82, 2.24) is 9.14 Å². The lowest BCUT2D eigenvalue weighted by molar-refractivity contribution is 0.788. The summed E-state index contributed by atoms with van der Waals surface area (Å²) < 4.78 is 4.84. The predicted molar refractivity (Wildman–Crippen MR) is 170 cm³/mol. The van der Waals surface area contributed by atoms with Crippen LogP contribution in [-0.4, -0.2) is 25.2 Å². The van der Waals surface area contributed by atoms with Gasteiger partial charge in [-0.25, -0.2) is 0 Å². The molecule has 1 aromatic heterocycles. The summed E-state index contributed by atoms with van der Waals surface area (Å²) in [6, 6.07) is 40.6. The molecule has 2 heterocycles. The molecule has 3 heteroatoms. The van der Waals surface area contributed by atoms with E-state index in [1.165, 1.54) is 71.6 Å². The molecule has 0 saturated heterocycles. The van der Waals surface area contributed by atoms with E-state index in [1.54, 1.807) is 0 Å². The Balaban J connectivity index is 1.54. The Morgan fingerprint density at radius 1 is 0.675 bits per heavy atom. The Labute approximate surface area is 235 Å². The maximum atomic E-state index is 2.42. The summed E-state index contributed by atoms with van der Waals surface area (Å²) >= 11 is 0. The van der Waals surface area contributed by atoms with E-state index in [1.807, 2.05) is 0 Å². The number of para-hydroxylation sites is 2. The Morgan fingerprint density at radius 3 is 2.17 bits per heavy atom. The molecule has 0 bridgehead atoms. The van der Waals surface area contributed by atoms with Gasteiger partial charge in [0, 0.05) is 60.3 Å². The van der Waals surface area contributed by atoms with Crippen LogP contribution in [0, 0.1) is 0 Å². The van der Waals surface area contributed by atoms with Crippen LogP contribution in [0.5, 0.6) is 0 Å². The molecule has 0 aliphatic carbocycles. The zero-order valence-corrected chi connectivity index (χ0v) is 23.6. The highest BCUT2D eigenvalue weighted by Crippen LogP contribution is 2.34. The minimum absolute atomic E-state index is 0.949. The van der Waals surface area contributed by atoms with E-state index >= 15 is 0 Å². The monoisotopic (exact) mass is 520 g/mol. The van der Waals surface area contributed by atoms with E-state index in [0.29, 0.717) is 0 Å². The van der Waals surface area contributed by atoms with Crippen molar-refractivity contribution in [2.75, 3.05) is 25.5 Å². The number of hydrogen-bond acceptors (Lipinski definition) is 1. The number of nitrogens with zero attached hydrogens (tertiary/aromatic N) is 3. The quantitative estimate of drug-likeness (QED) is 0.224. The van der Waals surface area contributed by atoms with E-state index in [2.05, 4.69) is 151 Å². The second-order valence-electron chi connectivity index (χ2n) is 10.8. The second kappa shape index (κ2) is 9.53. The molecule has 0 spiro atoms. The van der Waals surface area contributed by atoms with Gasteiger partial charge in [0.05, 0.1) is 11.1 Å². The van der Waals surface area contributed by atoms with Crippen LogP contribution in [0.15, 0.2) is 109 Å². The third-order valence-electron chi connectivity index (χ3n) is 8.43. The van der Waals surface area contributed by atoms with E-state index in [0.717, 1.165) is 13.1 Å². The molecule has 0 fully saturated rings. The summed E-state index contributed by atoms with van der Waals surface area (Å²) in [7, 11) is 4.18. The smallest absolute Gasteiger partial charge is 0.213 e. The van der Waals surface area contributed by atoms with Crippen LogP contribution >= 0.6 is 0 Å². The number of fused-ring (bicyclic) bond motifs is 6. The highest BCUT2D eigenvalue weighted by atomic mass is 15.1. The molecule has 3 nitrogen and oxygen atoms in total. The topological polar surface area (TPSA) is 11.2 Å². The summed E-state index contributed by atoms with van der Waals surface area (Å²) in [4.78, 5) is 2.15. The van der Waals surface area contributed by atoms with Crippen molar-refractivity contribution in [2.24, 2.45) is 0 Å². The summed E-state index contributed by atoms with van der Waals surface area (Å²) in [5, 5.41) is 5.14. The zero-order chi connectivity index (χ0) is 27.4. The molecule has 40 heavy (non-hydrogen) atoms. The molecule has 0 saturated carbocycles. The third kappa shape index (κ3) is 3.69. The fourth-order valence-corrected chi connectivity index (χ4v) is 6.53. The summed E-state index contributed by atoms with van der Waals surface area (Å²) in [6.07, 6.45) is 0. The number of benzene rings is 5. The molecule has 5 aromatic carbocycles. The fraction of sp³-hybridized carbons (Fsp3) is 0.162. The maximum Gasteiger partial charge on any atom is 0.213 e. The molecule has 196 valence electrons. The largest absolute Gasteiger partial charge is 0.378 e. The van der Waals surface area contributed by atoms with Gasteiger partial charge in [-0.1, -0.05) is 48.5 Å². The summed E-state index contributed by atoms with van der Waals surface area (Å²) in [6.45, 7) is 6.35. The molecule has 1 aliphatic rings. The van der Waals surface area contributed by atoms with Gasteiger partial charge in [-0.05, 0) is 84.3 Å². The lowest BCUT2D eigenvalue weighted by Crippen LogP contribution is -2.24. The number of rotatable bonds is 5. The molecule has 0 atom stereocenters. The lowest BCUT2D eigenvalue weighted by atomic mass is 9.93. The molecule has 1 aliphatic heterocycles. The molecular weight excluding hydrogens is 486 g/mol. The van der Waals surface area contributed by atoms with Gasteiger partial charge in [0.25, 0.3) is 0 Å². The van der Waals surface area contributed by atoms with Crippen molar-refractivity contribution in [2.45, 2.75) is 20.4 Å². The van der Waals surface area contributed by atoms with E-state index < -0.39 is 0 Å². The van der Waals surface area contributed by atoms with Gasteiger partial charge in [0.15, 0.2) is 0 Å². The van der Waals surface area contributed by atoms with Gasteiger partial charge in [-0.2, -0.15) is 4.58 Å². The van der Waals surface area contributed by atoms with Crippen molar-refractivity contribution in [3.05, 3.63) is 131 Å². The molecule has 0 N–H and O–H groups in total. The average Bonchev–Trinajstić information content (AvgIpc) is 3.49. The standard InChI is InChI=1S/C37H34N3/c1-5-39-33-13-9-7-11-29(33)31-23-26(17-21-35(31)39)37(25-15-19-28(20-16-25)38(3)4)27-18-22-36-32(24-27)30-12-8-10-14-34(30)40(36)6-2/h7-24H,5-6H2,1-4H3/q+1. The van der Waals surface area contributed by atoms with Crippen LogP contribution in [-0.2, 0) is 6.54 Å². The van der Waals surface area contributed by atoms with Crippen LogP contribution in [0.25, 0.3) is 38.5 Å². The number of anilines is 1. The number of hydrogen-bond donors (Lipinski definition) is 0. The molecule has 7 rings (SSSR count). The SMILES string of the molecule is CCn1c2ccccc2c2cc(C(c3ccc(N(C)C)cc3)=c3ccc4c(c3)-c3ccccc3[N+]=4CC)ccc21. The van der Waals surface area contributed by atoms with E-state index in [-0.39, 0.29) is 0 Å². The minimum Gasteiger partial charge on any atom is -0.378 e. The Hall–Kier alpha value is -4.63. The van der Waals surface area contributed by atoms with Gasteiger partial charge >= 0.3 is 0 Å². The first kappa shape index (κ1) is 24.4. The lowest BCUT2D eigenvalue weighted by Gasteiger charge is -2.15. The summed E-state index contributed by atoms with van der Waals surface area (Å²) in [5.41, 5.74) is 11.4. The first-order valence-electron chi connectivity index (χ1n) is 14.3. The van der Waals surface area contributed by atoms with Gasteiger partial charge in [0.2, 0.25) is 11.0 Å². The van der Waals surface area contributed by atoms with Gasteiger partial charge in [-0.15, -0.1) is 0 Å². The van der Waals surface area contributed by atoms with Crippen LogP contribution in [0.3, 0.4) is 0 Å². The third-order valence-corrected chi connectivity index (χ3v) is 8.43. The Bertz CT molecular complexity index is 2040.